The lowest BCUT2D eigenvalue weighted by Crippen LogP contribution is -2.50. The molecule has 4 aliphatic heterocycles. The molecule has 0 spiro atoms. The molecule has 0 saturated carbocycles. The summed E-state index contributed by atoms with van der Waals surface area (Å²) < 4.78 is 23.4. The van der Waals surface area contributed by atoms with Gasteiger partial charge in [-0.3, -0.25) is 9.59 Å². The first-order valence-electron chi connectivity index (χ1n) is 8.94. The van der Waals surface area contributed by atoms with E-state index in [1.54, 1.807) is 0 Å². The summed E-state index contributed by atoms with van der Waals surface area (Å²) in [6.07, 6.45) is 11.2. The van der Waals surface area contributed by atoms with Crippen molar-refractivity contribution in [1.29, 1.82) is 0 Å². The van der Waals surface area contributed by atoms with Crippen molar-refractivity contribution in [2.45, 2.75) is 81.6 Å². The van der Waals surface area contributed by atoms with Crippen molar-refractivity contribution in [3.63, 3.8) is 0 Å². The molecule has 2 fully saturated rings. The fourth-order valence-corrected chi connectivity index (χ4v) is 4.77. The van der Waals surface area contributed by atoms with E-state index in [-0.39, 0.29) is 36.4 Å². The number of ether oxygens (including phenoxy) is 4. The molecule has 6 atom stereocenters. The van der Waals surface area contributed by atoms with Gasteiger partial charge in [-0.25, -0.2) is 0 Å². The number of hydrogen-bond donors (Lipinski definition) is 0. The molecule has 0 N–H and O–H groups in total. The molecule has 0 amide bonds. The Labute approximate surface area is 147 Å². The van der Waals surface area contributed by atoms with Gasteiger partial charge in [0.2, 0.25) is 0 Å². The summed E-state index contributed by atoms with van der Waals surface area (Å²) in [5, 5.41) is 0. The molecule has 0 radical (unpaired) electrons. The highest BCUT2D eigenvalue weighted by atomic mass is 16.6. The Kier molecular flexibility index (Phi) is 4.00. The minimum atomic E-state index is -0.500. The van der Waals surface area contributed by atoms with Crippen molar-refractivity contribution in [3.8, 4) is 0 Å². The third kappa shape index (κ3) is 3.37. The van der Waals surface area contributed by atoms with Crippen LogP contribution >= 0.6 is 0 Å². The standard InChI is InChI=1S/C19H24O6/c1-12(20)22-16-7-14-3-5-18(9-16,24-14)11-19-6-4-15(25-19)8-17(10-19)23-13(2)21/h3-6,14-17H,7-11H2,1-2H3/t14-,15+,16+,17-,18+,19-. The van der Waals surface area contributed by atoms with E-state index >= 15 is 0 Å². The van der Waals surface area contributed by atoms with Gasteiger partial charge in [-0.15, -0.1) is 0 Å². The second kappa shape index (κ2) is 5.95. The van der Waals surface area contributed by atoms with Crippen LogP contribution in [0.3, 0.4) is 0 Å². The monoisotopic (exact) mass is 348 g/mol. The van der Waals surface area contributed by atoms with Crippen LogP contribution < -0.4 is 0 Å². The largest absolute Gasteiger partial charge is 0.462 e. The van der Waals surface area contributed by atoms with E-state index in [2.05, 4.69) is 24.3 Å². The third-order valence-corrected chi connectivity index (χ3v) is 5.40. The summed E-state index contributed by atoms with van der Waals surface area (Å²) in [4.78, 5) is 22.7. The highest BCUT2D eigenvalue weighted by Crippen LogP contribution is 2.48. The number of carbonyl (C=O) groups is 2. The van der Waals surface area contributed by atoms with Crippen LogP contribution in [0.15, 0.2) is 24.3 Å². The second-order valence-electron chi connectivity index (χ2n) is 7.68. The number of hydrogen-bond acceptors (Lipinski definition) is 6. The number of rotatable bonds is 4. The Hall–Kier alpha value is -1.66. The molecule has 6 heteroatoms. The van der Waals surface area contributed by atoms with Crippen molar-refractivity contribution in [1.82, 2.24) is 0 Å². The zero-order valence-electron chi connectivity index (χ0n) is 14.6. The van der Waals surface area contributed by atoms with Gasteiger partial charge in [0, 0.05) is 46.0 Å². The van der Waals surface area contributed by atoms with Gasteiger partial charge < -0.3 is 18.9 Å². The van der Waals surface area contributed by atoms with Gasteiger partial charge in [0.15, 0.2) is 0 Å². The molecule has 0 aromatic carbocycles. The van der Waals surface area contributed by atoms with Crippen LogP contribution in [-0.4, -0.2) is 47.6 Å². The van der Waals surface area contributed by atoms with Crippen LogP contribution in [-0.2, 0) is 28.5 Å². The van der Waals surface area contributed by atoms with Gasteiger partial charge in [-0.1, -0.05) is 24.3 Å². The zero-order valence-corrected chi connectivity index (χ0v) is 14.6. The highest BCUT2D eigenvalue weighted by molar-refractivity contribution is 5.66. The maximum atomic E-state index is 11.3. The maximum absolute atomic E-state index is 11.3. The van der Waals surface area contributed by atoms with Gasteiger partial charge >= 0.3 is 11.9 Å². The van der Waals surface area contributed by atoms with Gasteiger partial charge in [0.25, 0.3) is 0 Å². The number of fused-ring (bicyclic) bond motifs is 4. The van der Waals surface area contributed by atoms with Crippen LogP contribution in [0.1, 0.15) is 46.0 Å². The second-order valence-corrected chi connectivity index (χ2v) is 7.68. The molecular weight excluding hydrogens is 324 g/mol. The van der Waals surface area contributed by atoms with Gasteiger partial charge in [-0.05, 0) is 0 Å². The molecular formula is C19H24O6. The Bertz CT molecular complexity index is 586. The molecule has 4 rings (SSSR count). The average Bonchev–Trinajstić information content (AvgIpc) is 2.94. The minimum Gasteiger partial charge on any atom is -0.462 e. The number of carbonyl (C=O) groups excluding carboxylic acids is 2. The molecule has 0 unspecified atom stereocenters. The van der Waals surface area contributed by atoms with Crippen molar-refractivity contribution < 1.29 is 28.5 Å². The average molecular weight is 348 g/mol. The van der Waals surface area contributed by atoms with Crippen LogP contribution in [0.2, 0.25) is 0 Å². The summed E-state index contributed by atoms with van der Waals surface area (Å²) >= 11 is 0. The van der Waals surface area contributed by atoms with Gasteiger partial charge in [0.05, 0.1) is 23.4 Å². The normalized spacial score (nSPS) is 43.9. The molecule has 25 heavy (non-hydrogen) atoms. The first-order valence-corrected chi connectivity index (χ1v) is 8.94. The SMILES string of the molecule is CC(=O)O[C@@H]1C[C@@H]2C=C[C@](C[C@]34C=C[C@H](C[C@H](OC(C)=O)C3)O4)(C1)O2. The van der Waals surface area contributed by atoms with E-state index in [0.717, 1.165) is 0 Å². The molecule has 136 valence electrons. The van der Waals surface area contributed by atoms with Crippen LogP contribution in [0.5, 0.6) is 0 Å². The lowest BCUT2D eigenvalue weighted by Gasteiger charge is -2.45. The molecule has 4 aliphatic rings. The summed E-state index contributed by atoms with van der Waals surface area (Å²) in [5.74, 6) is -0.520. The van der Waals surface area contributed by atoms with E-state index in [1.807, 2.05) is 0 Å². The van der Waals surface area contributed by atoms with E-state index in [4.69, 9.17) is 18.9 Å². The summed E-state index contributed by atoms with van der Waals surface area (Å²) in [6.45, 7) is 2.88. The van der Waals surface area contributed by atoms with E-state index in [9.17, 15) is 9.59 Å². The molecule has 2 saturated heterocycles. The fourth-order valence-electron chi connectivity index (χ4n) is 4.77. The predicted octanol–water partition coefficient (Wildman–Crippen LogP) is 2.22. The van der Waals surface area contributed by atoms with Gasteiger partial charge in [-0.2, -0.15) is 0 Å². The third-order valence-electron chi connectivity index (χ3n) is 5.40. The summed E-state index contributed by atoms with van der Waals surface area (Å²) in [5.41, 5.74) is -0.999. The summed E-state index contributed by atoms with van der Waals surface area (Å²) in [6, 6.07) is 0. The fraction of sp³-hybridized carbons (Fsp3) is 0.684. The first kappa shape index (κ1) is 16.8. The lowest BCUT2D eigenvalue weighted by atomic mass is 9.79. The quantitative estimate of drug-likeness (QED) is 0.573. The predicted molar refractivity (Wildman–Crippen MR) is 87.7 cm³/mol. The first-order chi connectivity index (χ1) is 11.9. The molecule has 0 aromatic rings. The van der Waals surface area contributed by atoms with Crippen LogP contribution in [0.4, 0.5) is 0 Å². The maximum Gasteiger partial charge on any atom is 0.302 e. The van der Waals surface area contributed by atoms with Crippen LogP contribution in [0.25, 0.3) is 0 Å². The van der Waals surface area contributed by atoms with Gasteiger partial charge in [0.1, 0.15) is 12.2 Å². The van der Waals surface area contributed by atoms with E-state index in [1.165, 1.54) is 13.8 Å². The Morgan fingerprint density at radius 3 is 1.76 bits per heavy atom. The van der Waals surface area contributed by atoms with Crippen molar-refractivity contribution in [2.75, 3.05) is 0 Å². The van der Waals surface area contributed by atoms with E-state index in [0.29, 0.717) is 32.1 Å². The van der Waals surface area contributed by atoms with Crippen LogP contribution in [0, 0.1) is 0 Å². The Balaban J connectivity index is 1.50. The topological polar surface area (TPSA) is 71.1 Å². The minimum absolute atomic E-state index is 0.0245. The Morgan fingerprint density at radius 1 is 0.920 bits per heavy atom. The summed E-state index contributed by atoms with van der Waals surface area (Å²) in [7, 11) is 0. The molecule has 0 aliphatic carbocycles. The smallest absolute Gasteiger partial charge is 0.302 e. The number of esters is 2. The Morgan fingerprint density at radius 2 is 1.36 bits per heavy atom. The van der Waals surface area contributed by atoms with E-state index < -0.39 is 11.2 Å². The van der Waals surface area contributed by atoms with Crippen molar-refractivity contribution in [2.24, 2.45) is 0 Å². The lowest BCUT2D eigenvalue weighted by molar-refractivity contribution is -0.183. The molecule has 4 heterocycles. The molecule has 6 nitrogen and oxygen atoms in total. The van der Waals surface area contributed by atoms with Crippen molar-refractivity contribution in [3.05, 3.63) is 24.3 Å². The zero-order chi connectivity index (χ0) is 17.7. The highest BCUT2D eigenvalue weighted by Gasteiger charge is 2.53. The van der Waals surface area contributed by atoms with Crippen molar-refractivity contribution >= 4 is 11.9 Å². The molecule has 0 aromatic heterocycles. The molecule has 4 bridgehead atoms.